The van der Waals surface area contributed by atoms with Gasteiger partial charge < -0.3 is 30.3 Å². The molecule has 0 aliphatic heterocycles. The zero-order valence-electron chi connectivity index (χ0n) is 18.4. The number of benzene rings is 3. The molecule has 0 aromatic heterocycles. The summed E-state index contributed by atoms with van der Waals surface area (Å²) in [5, 5.41) is 15.9. The predicted molar refractivity (Wildman–Crippen MR) is 126 cm³/mol. The highest BCUT2D eigenvalue weighted by Gasteiger charge is 2.22. The molecule has 0 aliphatic carbocycles. The normalized spacial score (nSPS) is 10.1. The molecule has 3 aromatic carbocycles. The fourth-order valence-electron chi connectivity index (χ4n) is 3.12. The molecule has 3 aromatic rings. The minimum Gasteiger partial charge on any atom is -0.545 e. The number of nitrogens with one attached hydrogen (secondary N) is 2. The number of hydrogen-bond acceptors (Lipinski definition) is 5. The standard InChI is InChI=1S/C25H24N4O5/c1-28(20-11-4-2-5-12-20)23(31)17-29(21-13-6-3-7-14-21)22(30)16-26-25(34)27-19-10-8-9-18(15-19)24(32)33/h2-15H,16-17H2,1H3,(H,32,33)(H2,26,27,34)/p-1. The maximum absolute atomic E-state index is 13.0. The van der Waals surface area contributed by atoms with E-state index in [2.05, 4.69) is 10.6 Å². The van der Waals surface area contributed by atoms with E-state index in [0.29, 0.717) is 11.4 Å². The number of carbonyl (C=O) groups is 4. The van der Waals surface area contributed by atoms with Crippen LogP contribution in [0.2, 0.25) is 0 Å². The lowest BCUT2D eigenvalue weighted by molar-refractivity contribution is -0.255. The van der Waals surface area contributed by atoms with Crippen LogP contribution in [0.1, 0.15) is 10.4 Å². The Kier molecular flexibility index (Phi) is 7.96. The van der Waals surface area contributed by atoms with Gasteiger partial charge in [-0.1, -0.05) is 48.5 Å². The summed E-state index contributed by atoms with van der Waals surface area (Å²) >= 11 is 0. The topological polar surface area (TPSA) is 122 Å². The van der Waals surface area contributed by atoms with E-state index in [1.165, 1.54) is 34.1 Å². The third-order valence-corrected chi connectivity index (χ3v) is 4.94. The molecule has 0 saturated heterocycles. The highest BCUT2D eigenvalue weighted by molar-refractivity contribution is 6.05. The zero-order valence-corrected chi connectivity index (χ0v) is 18.4. The second-order valence-electron chi connectivity index (χ2n) is 7.28. The van der Waals surface area contributed by atoms with Crippen LogP contribution in [0.15, 0.2) is 84.9 Å². The first-order valence-corrected chi connectivity index (χ1v) is 10.4. The monoisotopic (exact) mass is 459 g/mol. The fourth-order valence-corrected chi connectivity index (χ4v) is 3.12. The van der Waals surface area contributed by atoms with E-state index in [-0.39, 0.29) is 30.2 Å². The summed E-state index contributed by atoms with van der Waals surface area (Å²) in [5.74, 6) is -2.19. The smallest absolute Gasteiger partial charge is 0.319 e. The summed E-state index contributed by atoms with van der Waals surface area (Å²) in [6.45, 7) is -0.617. The zero-order chi connectivity index (χ0) is 24.5. The minimum absolute atomic E-state index is 0.0924. The lowest BCUT2D eigenvalue weighted by Gasteiger charge is -2.25. The minimum atomic E-state index is -1.37. The average molecular weight is 459 g/mol. The van der Waals surface area contributed by atoms with Gasteiger partial charge in [0.2, 0.25) is 11.8 Å². The van der Waals surface area contributed by atoms with E-state index in [0.717, 1.165) is 0 Å². The first-order chi connectivity index (χ1) is 16.3. The Bertz CT molecular complexity index is 1170. The number of para-hydroxylation sites is 2. The SMILES string of the molecule is CN(C(=O)CN(C(=O)CNC(=O)Nc1cccc(C(=O)[O-])c1)c1ccccc1)c1ccccc1. The third kappa shape index (κ3) is 6.42. The fraction of sp³-hybridized carbons (Fsp3) is 0.120. The maximum Gasteiger partial charge on any atom is 0.319 e. The van der Waals surface area contributed by atoms with Crippen molar-refractivity contribution in [3.63, 3.8) is 0 Å². The molecule has 0 saturated carbocycles. The van der Waals surface area contributed by atoms with Gasteiger partial charge in [-0.25, -0.2) is 4.79 Å². The van der Waals surface area contributed by atoms with Crippen molar-refractivity contribution in [1.29, 1.82) is 0 Å². The lowest BCUT2D eigenvalue weighted by Crippen LogP contribution is -2.46. The average Bonchev–Trinajstić information content (AvgIpc) is 2.86. The Morgan fingerprint density at radius 3 is 2.03 bits per heavy atom. The van der Waals surface area contributed by atoms with Crippen LogP contribution in [0, 0.1) is 0 Å². The predicted octanol–water partition coefficient (Wildman–Crippen LogP) is 1.87. The van der Waals surface area contributed by atoms with Gasteiger partial charge in [0.15, 0.2) is 0 Å². The highest BCUT2D eigenvalue weighted by Crippen LogP contribution is 2.16. The van der Waals surface area contributed by atoms with Crippen LogP contribution >= 0.6 is 0 Å². The number of rotatable bonds is 8. The number of nitrogens with zero attached hydrogens (tertiary/aromatic N) is 2. The Morgan fingerprint density at radius 2 is 1.41 bits per heavy atom. The van der Waals surface area contributed by atoms with E-state index in [4.69, 9.17) is 0 Å². The second kappa shape index (κ2) is 11.3. The maximum atomic E-state index is 13.0. The lowest BCUT2D eigenvalue weighted by atomic mass is 10.2. The van der Waals surface area contributed by atoms with E-state index in [1.807, 2.05) is 18.2 Å². The molecule has 0 radical (unpaired) electrons. The van der Waals surface area contributed by atoms with Gasteiger partial charge in [-0.2, -0.15) is 0 Å². The van der Waals surface area contributed by atoms with Crippen molar-refractivity contribution < 1.29 is 24.3 Å². The molecule has 9 nitrogen and oxygen atoms in total. The molecule has 0 unspecified atom stereocenters. The molecular formula is C25H23N4O5-. The van der Waals surface area contributed by atoms with Crippen molar-refractivity contribution in [1.82, 2.24) is 5.32 Å². The molecule has 9 heteroatoms. The Morgan fingerprint density at radius 1 is 0.794 bits per heavy atom. The largest absolute Gasteiger partial charge is 0.545 e. The summed E-state index contributed by atoms with van der Waals surface area (Å²) < 4.78 is 0. The van der Waals surface area contributed by atoms with Gasteiger partial charge in [-0.3, -0.25) is 9.59 Å². The first kappa shape index (κ1) is 24.0. The van der Waals surface area contributed by atoms with Crippen molar-refractivity contribution in [3.05, 3.63) is 90.5 Å². The summed E-state index contributed by atoms with van der Waals surface area (Å²) in [6.07, 6.45) is 0. The van der Waals surface area contributed by atoms with Gasteiger partial charge in [0, 0.05) is 24.1 Å². The molecule has 0 fully saturated rings. The number of urea groups is 1. The molecule has 0 spiro atoms. The number of carbonyl (C=O) groups excluding carboxylic acids is 4. The third-order valence-electron chi connectivity index (χ3n) is 4.94. The molecule has 2 N–H and O–H groups in total. The van der Waals surface area contributed by atoms with Gasteiger partial charge in [0.25, 0.3) is 0 Å². The number of hydrogen-bond donors (Lipinski definition) is 2. The highest BCUT2D eigenvalue weighted by atomic mass is 16.4. The molecular weight excluding hydrogens is 436 g/mol. The van der Waals surface area contributed by atoms with Crippen LogP contribution < -0.4 is 25.5 Å². The number of amides is 4. The van der Waals surface area contributed by atoms with E-state index < -0.39 is 17.9 Å². The van der Waals surface area contributed by atoms with Crippen LogP contribution in [0.3, 0.4) is 0 Å². The van der Waals surface area contributed by atoms with E-state index in [1.54, 1.807) is 49.5 Å². The molecule has 0 heterocycles. The van der Waals surface area contributed by atoms with Gasteiger partial charge in [-0.15, -0.1) is 0 Å². The van der Waals surface area contributed by atoms with Crippen LogP contribution in [0.5, 0.6) is 0 Å². The molecule has 0 bridgehead atoms. The van der Waals surface area contributed by atoms with Crippen molar-refractivity contribution in [3.8, 4) is 0 Å². The van der Waals surface area contributed by atoms with Crippen molar-refractivity contribution in [2.24, 2.45) is 0 Å². The van der Waals surface area contributed by atoms with Crippen molar-refractivity contribution in [2.45, 2.75) is 0 Å². The van der Waals surface area contributed by atoms with Crippen molar-refractivity contribution >= 4 is 40.9 Å². The molecule has 4 amide bonds. The number of anilines is 3. The van der Waals surface area contributed by atoms with Crippen LogP contribution in [-0.2, 0) is 9.59 Å². The number of carboxylic acid groups (broad SMARTS) is 1. The summed E-state index contributed by atoms with van der Waals surface area (Å²) in [6, 6.07) is 22.5. The number of aromatic carboxylic acids is 1. The molecule has 0 aliphatic rings. The second-order valence-corrected chi connectivity index (χ2v) is 7.28. The van der Waals surface area contributed by atoms with Gasteiger partial charge in [-0.05, 0) is 42.0 Å². The molecule has 34 heavy (non-hydrogen) atoms. The summed E-state index contributed by atoms with van der Waals surface area (Å²) in [5.41, 5.74) is 1.33. The Balaban J connectivity index is 1.66. The quantitative estimate of drug-likeness (QED) is 0.533. The van der Waals surface area contributed by atoms with Crippen LogP contribution in [0.25, 0.3) is 0 Å². The Labute approximate surface area is 196 Å². The first-order valence-electron chi connectivity index (χ1n) is 10.4. The van der Waals surface area contributed by atoms with Gasteiger partial charge in [0.05, 0.1) is 12.5 Å². The summed E-state index contributed by atoms with van der Waals surface area (Å²) in [7, 11) is 1.62. The molecule has 174 valence electrons. The van der Waals surface area contributed by atoms with Crippen molar-refractivity contribution in [2.75, 3.05) is 35.3 Å². The van der Waals surface area contributed by atoms with E-state index >= 15 is 0 Å². The molecule has 0 atom stereocenters. The molecule has 3 rings (SSSR count). The number of carboxylic acids is 1. The van der Waals surface area contributed by atoms with Crippen LogP contribution in [0.4, 0.5) is 21.9 Å². The van der Waals surface area contributed by atoms with E-state index in [9.17, 15) is 24.3 Å². The number of likely N-dealkylation sites (N-methyl/N-ethyl adjacent to an activating group) is 1. The summed E-state index contributed by atoms with van der Waals surface area (Å²) in [4.78, 5) is 51.8. The van der Waals surface area contributed by atoms with Crippen LogP contribution in [-0.4, -0.2) is 44.0 Å². The van der Waals surface area contributed by atoms with Gasteiger partial charge >= 0.3 is 6.03 Å². The van der Waals surface area contributed by atoms with Gasteiger partial charge in [0.1, 0.15) is 6.54 Å². The Hall–Kier alpha value is -4.66.